The Morgan fingerprint density at radius 1 is 1.56 bits per heavy atom. The number of hydrogen-bond donors (Lipinski definition) is 1. The summed E-state index contributed by atoms with van der Waals surface area (Å²) in [4.78, 5) is 10.4. The monoisotopic (exact) mass is 222 g/mol. The maximum absolute atomic E-state index is 10.9. The molecule has 0 aromatic heterocycles. The lowest BCUT2D eigenvalue weighted by molar-refractivity contribution is -0.385. The number of nitrogens with two attached hydrogens (primary N) is 1. The Balaban J connectivity index is 2.57. The van der Waals surface area contributed by atoms with Crippen molar-refractivity contribution in [2.24, 2.45) is 5.73 Å². The largest absolute Gasteiger partial charge is 0.481 e. The standard InChI is InChI=1S/C11H14N2O3/c1-3-8-10(12)9-6(2)4-5-7(13(14)15)11(9)16-8/h4-5,8,10H,3,12H2,1-2H3. The molecule has 0 saturated carbocycles. The Kier molecular flexibility index (Phi) is 2.55. The second kappa shape index (κ2) is 3.75. The third kappa shape index (κ3) is 1.44. The second-order valence-corrected chi connectivity index (χ2v) is 3.99. The molecule has 0 aliphatic carbocycles. The number of nitro groups is 1. The van der Waals surface area contributed by atoms with Gasteiger partial charge in [-0.1, -0.05) is 13.0 Å². The van der Waals surface area contributed by atoms with Crippen molar-refractivity contribution in [2.75, 3.05) is 0 Å². The minimum Gasteiger partial charge on any atom is -0.481 e. The Hall–Kier alpha value is -1.62. The third-order valence-electron chi connectivity index (χ3n) is 3.00. The molecule has 1 aliphatic rings. The molecule has 1 aromatic carbocycles. The van der Waals surface area contributed by atoms with Gasteiger partial charge in [-0.2, -0.15) is 0 Å². The molecule has 0 bridgehead atoms. The number of aryl methyl sites for hydroxylation is 1. The van der Waals surface area contributed by atoms with E-state index >= 15 is 0 Å². The van der Waals surface area contributed by atoms with E-state index < -0.39 is 4.92 Å². The van der Waals surface area contributed by atoms with Gasteiger partial charge in [-0.05, 0) is 18.9 Å². The zero-order chi connectivity index (χ0) is 11.9. The number of ether oxygens (including phenoxy) is 1. The van der Waals surface area contributed by atoms with Crippen molar-refractivity contribution < 1.29 is 9.66 Å². The topological polar surface area (TPSA) is 78.4 Å². The third-order valence-corrected chi connectivity index (χ3v) is 3.00. The molecule has 0 saturated heterocycles. The van der Waals surface area contributed by atoms with E-state index in [0.717, 1.165) is 17.5 Å². The van der Waals surface area contributed by atoms with Crippen molar-refractivity contribution in [2.45, 2.75) is 32.4 Å². The van der Waals surface area contributed by atoms with Crippen molar-refractivity contribution in [3.05, 3.63) is 33.4 Å². The van der Waals surface area contributed by atoms with Crippen LogP contribution >= 0.6 is 0 Å². The van der Waals surface area contributed by atoms with Crippen LogP contribution in [0.5, 0.6) is 5.75 Å². The maximum Gasteiger partial charge on any atom is 0.311 e. The van der Waals surface area contributed by atoms with E-state index in [-0.39, 0.29) is 17.8 Å². The number of benzene rings is 1. The van der Waals surface area contributed by atoms with E-state index in [1.54, 1.807) is 6.07 Å². The van der Waals surface area contributed by atoms with Crippen molar-refractivity contribution in [3.8, 4) is 5.75 Å². The van der Waals surface area contributed by atoms with E-state index in [9.17, 15) is 10.1 Å². The Morgan fingerprint density at radius 2 is 2.25 bits per heavy atom. The van der Waals surface area contributed by atoms with Crippen LogP contribution in [-0.4, -0.2) is 11.0 Å². The minimum atomic E-state index is -0.428. The fraction of sp³-hybridized carbons (Fsp3) is 0.455. The second-order valence-electron chi connectivity index (χ2n) is 3.99. The smallest absolute Gasteiger partial charge is 0.311 e. The van der Waals surface area contributed by atoms with Crippen molar-refractivity contribution >= 4 is 5.69 Å². The predicted octanol–water partition coefficient (Wildman–Crippen LogP) is 2.07. The summed E-state index contributed by atoms with van der Waals surface area (Å²) < 4.78 is 5.57. The average Bonchev–Trinajstić information content (AvgIpc) is 2.56. The highest BCUT2D eigenvalue weighted by Crippen LogP contribution is 2.44. The van der Waals surface area contributed by atoms with Crippen LogP contribution in [0.2, 0.25) is 0 Å². The molecule has 5 nitrogen and oxygen atoms in total. The molecule has 86 valence electrons. The molecule has 1 heterocycles. The Labute approximate surface area is 93.4 Å². The first-order valence-corrected chi connectivity index (χ1v) is 5.26. The number of hydrogen-bond acceptors (Lipinski definition) is 4. The van der Waals surface area contributed by atoms with Gasteiger partial charge in [0.2, 0.25) is 5.75 Å². The van der Waals surface area contributed by atoms with Gasteiger partial charge in [-0.3, -0.25) is 10.1 Å². The fourth-order valence-corrected chi connectivity index (χ4v) is 2.12. The molecular formula is C11H14N2O3. The summed E-state index contributed by atoms with van der Waals surface area (Å²) in [5.74, 6) is 0.351. The first-order valence-electron chi connectivity index (χ1n) is 5.26. The zero-order valence-corrected chi connectivity index (χ0v) is 9.27. The van der Waals surface area contributed by atoms with Gasteiger partial charge in [-0.15, -0.1) is 0 Å². The van der Waals surface area contributed by atoms with E-state index in [4.69, 9.17) is 10.5 Å². The number of fused-ring (bicyclic) bond motifs is 1. The highest BCUT2D eigenvalue weighted by molar-refractivity contribution is 5.58. The molecule has 0 amide bonds. The Bertz CT molecular complexity index is 445. The highest BCUT2D eigenvalue weighted by atomic mass is 16.6. The number of nitro benzene ring substituents is 1. The molecule has 1 aliphatic heterocycles. The summed E-state index contributed by atoms with van der Waals surface area (Å²) >= 11 is 0. The number of rotatable bonds is 2. The van der Waals surface area contributed by atoms with Gasteiger partial charge in [0.15, 0.2) is 0 Å². The van der Waals surface area contributed by atoms with Crippen molar-refractivity contribution in [3.63, 3.8) is 0 Å². The predicted molar refractivity (Wildman–Crippen MR) is 59.5 cm³/mol. The van der Waals surface area contributed by atoms with E-state index in [0.29, 0.717) is 5.75 Å². The maximum atomic E-state index is 10.9. The number of nitrogens with zero attached hydrogens (tertiary/aromatic N) is 1. The fourth-order valence-electron chi connectivity index (χ4n) is 2.12. The average molecular weight is 222 g/mol. The van der Waals surface area contributed by atoms with Crippen LogP contribution in [0.4, 0.5) is 5.69 Å². The van der Waals surface area contributed by atoms with Crippen molar-refractivity contribution in [1.29, 1.82) is 0 Å². The van der Waals surface area contributed by atoms with Gasteiger partial charge >= 0.3 is 5.69 Å². The summed E-state index contributed by atoms with van der Waals surface area (Å²) in [6.45, 7) is 3.85. The summed E-state index contributed by atoms with van der Waals surface area (Å²) in [5.41, 5.74) is 7.76. The van der Waals surface area contributed by atoms with Crippen LogP contribution in [0.3, 0.4) is 0 Å². The minimum absolute atomic E-state index is 0.00648. The van der Waals surface area contributed by atoms with Gasteiger partial charge in [0.1, 0.15) is 6.10 Å². The van der Waals surface area contributed by atoms with Crippen LogP contribution in [-0.2, 0) is 0 Å². The van der Waals surface area contributed by atoms with Gasteiger partial charge in [-0.25, -0.2) is 0 Å². The van der Waals surface area contributed by atoms with Crippen LogP contribution in [0.25, 0.3) is 0 Å². The molecular weight excluding hydrogens is 208 g/mol. The lowest BCUT2D eigenvalue weighted by atomic mass is 9.98. The summed E-state index contributed by atoms with van der Waals surface area (Å²) in [6.07, 6.45) is 0.585. The quantitative estimate of drug-likeness (QED) is 0.613. The highest BCUT2D eigenvalue weighted by Gasteiger charge is 2.36. The van der Waals surface area contributed by atoms with Gasteiger partial charge in [0, 0.05) is 11.6 Å². The van der Waals surface area contributed by atoms with E-state index in [1.165, 1.54) is 6.07 Å². The van der Waals surface area contributed by atoms with Crippen LogP contribution in [0.1, 0.15) is 30.5 Å². The first kappa shape index (κ1) is 10.9. The van der Waals surface area contributed by atoms with Gasteiger partial charge in [0.05, 0.1) is 11.0 Å². The zero-order valence-electron chi connectivity index (χ0n) is 9.27. The van der Waals surface area contributed by atoms with E-state index in [2.05, 4.69) is 0 Å². The SMILES string of the molecule is CCC1Oc2c([N+](=O)[O-])ccc(C)c2C1N. The molecule has 0 spiro atoms. The lowest BCUT2D eigenvalue weighted by Gasteiger charge is -2.12. The summed E-state index contributed by atoms with van der Waals surface area (Å²) in [5, 5.41) is 10.9. The van der Waals surface area contributed by atoms with E-state index in [1.807, 2.05) is 13.8 Å². The van der Waals surface area contributed by atoms with Crippen LogP contribution < -0.4 is 10.5 Å². The molecule has 2 rings (SSSR count). The molecule has 16 heavy (non-hydrogen) atoms. The van der Waals surface area contributed by atoms with Crippen molar-refractivity contribution in [1.82, 2.24) is 0 Å². The lowest BCUT2D eigenvalue weighted by Crippen LogP contribution is -2.24. The summed E-state index contributed by atoms with van der Waals surface area (Å²) in [6, 6.07) is 2.93. The molecule has 2 atom stereocenters. The van der Waals surface area contributed by atoms with Gasteiger partial charge < -0.3 is 10.5 Å². The van der Waals surface area contributed by atoms with Crippen LogP contribution in [0.15, 0.2) is 12.1 Å². The Morgan fingerprint density at radius 3 is 2.81 bits per heavy atom. The molecule has 0 radical (unpaired) electrons. The van der Waals surface area contributed by atoms with Crippen LogP contribution in [0, 0.1) is 17.0 Å². The first-order chi connectivity index (χ1) is 7.56. The molecule has 1 aromatic rings. The molecule has 0 fully saturated rings. The summed E-state index contributed by atoms with van der Waals surface area (Å²) in [7, 11) is 0. The normalized spacial score (nSPS) is 22.7. The van der Waals surface area contributed by atoms with Gasteiger partial charge in [0.25, 0.3) is 0 Å². The molecule has 2 N–H and O–H groups in total. The molecule has 5 heteroatoms. The molecule has 2 unspecified atom stereocenters.